The Morgan fingerprint density at radius 1 is 0.870 bits per heavy atom. The average Bonchev–Trinajstić information content (AvgIpc) is 2.82. The fourth-order valence-electron chi connectivity index (χ4n) is 3.61. The summed E-state index contributed by atoms with van der Waals surface area (Å²) in [7, 11) is 0. The topological polar surface area (TPSA) is 56.9 Å². The minimum Gasteiger partial charge on any atom is -0.502 e. The van der Waals surface area contributed by atoms with Crippen LogP contribution < -0.4 is 5.43 Å². The molecule has 128 valence electrons. The Morgan fingerprint density at radius 2 is 1.39 bits per heavy atom. The summed E-state index contributed by atoms with van der Waals surface area (Å²) in [6, 6.07) is 1.46. The molecule has 5 heteroatoms. The Labute approximate surface area is 137 Å². The first kappa shape index (κ1) is 16.5. The van der Waals surface area contributed by atoms with Gasteiger partial charge in [-0.1, -0.05) is 19.3 Å². The van der Waals surface area contributed by atoms with Crippen LogP contribution in [-0.4, -0.2) is 41.1 Å². The molecule has 23 heavy (non-hydrogen) atoms. The average molecular weight is 320 g/mol. The van der Waals surface area contributed by atoms with Crippen molar-refractivity contribution in [2.75, 3.05) is 26.2 Å². The fourth-order valence-corrected chi connectivity index (χ4v) is 3.61. The molecule has 2 saturated heterocycles. The van der Waals surface area contributed by atoms with Crippen molar-refractivity contribution in [3.05, 3.63) is 27.8 Å². The molecule has 0 unspecified atom stereocenters. The van der Waals surface area contributed by atoms with E-state index in [9.17, 15) is 9.90 Å². The second-order valence-electron chi connectivity index (χ2n) is 6.88. The first-order chi connectivity index (χ1) is 11.2. The number of aromatic hydroxyl groups is 1. The van der Waals surface area contributed by atoms with E-state index < -0.39 is 0 Å². The Balaban J connectivity index is 1.71. The molecule has 2 aliphatic heterocycles. The third-order valence-electron chi connectivity index (χ3n) is 4.94. The van der Waals surface area contributed by atoms with Gasteiger partial charge in [-0.15, -0.1) is 0 Å². The predicted octanol–water partition coefficient (Wildman–Crippen LogP) is 2.71. The van der Waals surface area contributed by atoms with Crippen LogP contribution in [-0.2, 0) is 13.1 Å². The summed E-state index contributed by atoms with van der Waals surface area (Å²) >= 11 is 0. The van der Waals surface area contributed by atoms with Gasteiger partial charge in [-0.2, -0.15) is 0 Å². The normalized spacial score (nSPS) is 21.2. The zero-order valence-corrected chi connectivity index (χ0v) is 13.9. The van der Waals surface area contributed by atoms with Crippen molar-refractivity contribution in [1.29, 1.82) is 0 Å². The molecule has 0 bridgehead atoms. The highest BCUT2D eigenvalue weighted by atomic mass is 16.4. The van der Waals surface area contributed by atoms with Gasteiger partial charge in [-0.25, -0.2) is 0 Å². The standard InChI is InChI=1S/C18H28N2O3/c21-16-12-15(13-19-8-4-1-2-5-9-19)23-17(18(16)22)14-20-10-6-3-7-11-20/h12,22H,1-11,13-14H2. The second-order valence-corrected chi connectivity index (χ2v) is 6.88. The van der Waals surface area contributed by atoms with Crippen molar-refractivity contribution in [2.24, 2.45) is 0 Å². The van der Waals surface area contributed by atoms with E-state index in [-0.39, 0.29) is 11.2 Å². The predicted molar refractivity (Wildman–Crippen MR) is 89.5 cm³/mol. The van der Waals surface area contributed by atoms with Gasteiger partial charge < -0.3 is 9.52 Å². The molecule has 0 saturated carbocycles. The third-order valence-corrected chi connectivity index (χ3v) is 4.94. The van der Waals surface area contributed by atoms with E-state index in [2.05, 4.69) is 9.80 Å². The van der Waals surface area contributed by atoms with Gasteiger partial charge in [0.05, 0.1) is 13.1 Å². The van der Waals surface area contributed by atoms with Crippen LogP contribution in [0.1, 0.15) is 56.5 Å². The molecule has 2 fully saturated rings. The number of likely N-dealkylation sites (tertiary alicyclic amines) is 2. The van der Waals surface area contributed by atoms with Gasteiger partial charge in [0.2, 0.25) is 11.2 Å². The Morgan fingerprint density at radius 3 is 2.00 bits per heavy atom. The van der Waals surface area contributed by atoms with Crippen LogP contribution in [0.3, 0.4) is 0 Å². The first-order valence-corrected chi connectivity index (χ1v) is 9.02. The van der Waals surface area contributed by atoms with Crippen molar-refractivity contribution in [3.63, 3.8) is 0 Å². The molecule has 0 atom stereocenters. The highest BCUT2D eigenvalue weighted by Gasteiger charge is 2.18. The van der Waals surface area contributed by atoms with Crippen LogP contribution in [0.2, 0.25) is 0 Å². The Hall–Kier alpha value is -1.33. The van der Waals surface area contributed by atoms with E-state index in [1.165, 1.54) is 51.0 Å². The van der Waals surface area contributed by atoms with Gasteiger partial charge in [-0.3, -0.25) is 14.6 Å². The van der Waals surface area contributed by atoms with Crippen LogP contribution in [0.4, 0.5) is 0 Å². The Kier molecular flexibility index (Phi) is 5.73. The van der Waals surface area contributed by atoms with Crippen molar-refractivity contribution < 1.29 is 9.52 Å². The van der Waals surface area contributed by atoms with Crippen molar-refractivity contribution in [1.82, 2.24) is 9.80 Å². The number of piperidine rings is 1. The van der Waals surface area contributed by atoms with Gasteiger partial charge in [0.25, 0.3) is 0 Å². The molecular formula is C18H28N2O3. The van der Waals surface area contributed by atoms with Crippen LogP contribution in [0.15, 0.2) is 15.3 Å². The summed E-state index contributed by atoms with van der Waals surface area (Å²) in [5.74, 6) is 0.904. The van der Waals surface area contributed by atoms with Crippen LogP contribution in [0.5, 0.6) is 5.75 Å². The van der Waals surface area contributed by atoms with Crippen molar-refractivity contribution in [2.45, 2.75) is 58.0 Å². The van der Waals surface area contributed by atoms with Gasteiger partial charge in [0.1, 0.15) is 5.76 Å². The molecule has 5 nitrogen and oxygen atoms in total. The molecule has 1 N–H and O–H groups in total. The smallest absolute Gasteiger partial charge is 0.227 e. The maximum atomic E-state index is 12.1. The summed E-state index contributed by atoms with van der Waals surface area (Å²) < 4.78 is 5.90. The molecule has 1 aromatic heterocycles. The monoisotopic (exact) mass is 320 g/mol. The highest BCUT2D eigenvalue weighted by molar-refractivity contribution is 5.25. The van der Waals surface area contributed by atoms with Gasteiger partial charge in [-0.05, 0) is 51.9 Å². The van der Waals surface area contributed by atoms with Crippen molar-refractivity contribution in [3.8, 4) is 5.75 Å². The van der Waals surface area contributed by atoms with E-state index in [0.717, 1.165) is 26.2 Å². The van der Waals surface area contributed by atoms with Crippen LogP contribution in [0, 0.1) is 0 Å². The highest BCUT2D eigenvalue weighted by Crippen LogP contribution is 2.20. The van der Waals surface area contributed by atoms with E-state index >= 15 is 0 Å². The molecular weight excluding hydrogens is 292 g/mol. The molecule has 0 amide bonds. The number of hydrogen-bond acceptors (Lipinski definition) is 5. The van der Waals surface area contributed by atoms with E-state index in [1.807, 2.05) is 0 Å². The van der Waals surface area contributed by atoms with Gasteiger partial charge in [0.15, 0.2) is 5.76 Å². The van der Waals surface area contributed by atoms with E-state index in [4.69, 9.17) is 4.42 Å². The quantitative estimate of drug-likeness (QED) is 0.924. The van der Waals surface area contributed by atoms with E-state index in [1.54, 1.807) is 0 Å². The first-order valence-electron chi connectivity index (χ1n) is 9.02. The molecule has 0 aromatic carbocycles. The lowest BCUT2D eigenvalue weighted by Crippen LogP contribution is -2.30. The zero-order chi connectivity index (χ0) is 16.1. The minimum atomic E-state index is -0.312. The van der Waals surface area contributed by atoms with Gasteiger partial charge >= 0.3 is 0 Å². The summed E-state index contributed by atoms with van der Waals surface area (Å²) in [4.78, 5) is 16.7. The summed E-state index contributed by atoms with van der Waals surface area (Å²) in [6.07, 6.45) is 8.62. The SMILES string of the molecule is O=c1cc(CN2CCCCCC2)oc(CN2CCCCC2)c1O. The van der Waals surface area contributed by atoms with Crippen molar-refractivity contribution >= 4 is 0 Å². The van der Waals surface area contributed by atoms with Crippen LogP contribution in [0.25, 0.3) is 0 Å². The lowest BCUT2D eigenvalue weighted by atomic mass is 10.1. The number of rotatable bonds is 4. The van der Waals surface area contributed by atoms with E-state index in [0.29, 0.717) is 24.6 Å². The summed E-state index contributed by atoms with van der Waals surface area (Å²) in [5, 5.41) is 10.1. The third kappa shape index (κ3) is 4.58. The van der Waals surface area contributed by atoms with Crippen LogP contribution >= 0.6 is 0 Å². The zero-order valence-electron chi connectivity index (χ0n) is 13.9. The maximum absolute atomic E-state index is 12.1. The lowest BCUT2D eigenvalue weighted by Gasteiger charge is -2.26. The fraction of sp³-hybridized carbons (Fsp3) is 0.722. The summed E-state index contributed by atoms with van der Waals surface area (Å²) in [5.41, 5.74) is -0.312. The molecule has 1 aromatic rings. The number of hydrogen-bond donors (Lipinski definition) is 1. The Bertz CT molecular complexity index is 556. The molecule has 2 aliphatic rings. The minimum absolute atomic E-state index is 0.213. The molecule has 3 heterocycles. The number of nitrogens with zero attached hydrogens (tertiary/aromatic N) is 2. The maximum Gasteiger partial charge on any atom is 0.227 e. The summed E-state index contributed by atoms with van der Waals surface area (Å²) in [6.45, 7) is 5.36. The molecule has 0 aliphatic carbocycles. The molecule has 0 spiro atoms. The lowest BCUT2D eigenvalue weighted by molar-refractivity contribution is 0.189. The van der Waals surface area contributed by atoms with Gasteiger partial charge in [0, 0.05) is 6.07 Å². The molecule has 3 rings (SSSR count). The second kappa shape index (κ2) is 7.97. The largest absolute Gasteiger partial charge is 0.502 e. The molecule has 0 radical (unpaired) electrons.